The van der Waals surface area contributed by atoms with Crippen molar-refractivity contribution in [2.24, 2.45) is 5.73 Å². The van der Waals surface area contributed by atoms with E-state index in [-0.39, 0.29) is 19.0 Å². The van der Waals surface area contributed by atoms with Gasteiger partial charge in [0.05, 0.1) is 0 Å². The van der Waals surface area contributed by atoms with Crippen molar-refractivity contribution in [2.75, 3.05) is 13.2 Å². The lowest BCUT2D eigenvalue weighted by Crippen LogP contribution is -2.21. The van der Waals surface area contributed by atoms with Crippen LogP contribution in [0, 0.1) is 0 Å². The third-order valence-corrected chi connectivity index (χ3v) is 2.65. The first-order valence-corrected chi connectivity index (χ1v) is 6.41. The van der Waals surface area contributed by atoms with Gasteiger partial charge in [0, 0.05) is 17.1 Å². The maximum absolute atomic E-state index is 10.7. The fraction of sp³-hybridized carbons (Fsp3) is 0.462. The molecule has 0 aromatic heterocycles. The average molecular weight is 307 g/mol. The normalized spacial score (nSPS) is 9.79. The molecule has 0 saturated carbocycles. The van der Waals surface area contributed by atoms with Crippen LogP contribution in [0.3, 0.4) is 0 Å². The number of unbranched alkanes of at least 4 members (excludes halogenated alkanes) is 1. The van der Waals surface area contributed by atoms with E-state index in [0.717, 1.165) is 24.9 Å². The van der Waals surface area contributed by atoms with Crippen LogP contribution in [0.25, 0.3) is 0 Å². The summed E-state index contributed by atoms with van der Waals surface area (Å²) in [6.07, 6.45) is 2.27. The van der Waals surface area contributed by atoms with E-state index >= 15 is 0 Å². The molecule has 0 bridgehead atoms. The molecular weight excluding hydrogens is 287 g/mol. The zero-order valence-electron chi connectivity index (χ0n) is 10.9. The molecule has 0 aliphatic rings. The molecule has 0 radical (unpaired) electrons. The van der Waals surface area contributed by atoms with Crippen LogP contribution in [0.5, 0.6) is 5.75 Å². The van der Waals surface area contributed by atoms with Crippen molar-refractivity contribution in [1.29, 1.82) is 0 Å². The number of nitrogens with two attached hydrogens (primary N) is 1. The lowest BCUT2D eigenvalue weighted by atomic mass is 10.2. The third-order valence-electron chi connectivity index (χ3n) is 2.42. The largest absolute Gasteiger partial charge is 0.483 e. The molecule has 1 rings (SSSR count). The first-order valence-electron chi connectivity index (χ1n) is 6.03. The number of halogens is 2. The van der Waals surface area contributed by atoms with Crippen molar-refractivity contribution in [3.05, 3.63) is 28.8 Å². The van der Waals surface area contributed by atoms with Gasteiger partial charge >= 0.3 is 0 Å². The Morgan fingerprint density at radius 3 is 2.84 bits per heavy atom. The number of primary amides is 1. The quantitative estimate of drug-likeness (QED) is 0.725. The Labute approximate surface area is 125 Å². The van der Waals surface area contributed by atoms with Crippen LogP contribution < -0.4 is 15.8 Å². The van der Waals surface area contributed by atoms with Crippen LogP contribution >= 0.6 is 24.0 Å². The zero-order valence-corrected chi connectivity index (χ0v) is 12.5. The molecule has 0 heterocycles. The van der Waals surface area contributed by atoms with Crippen molar-refractivity contribution in [3.63, 3.8) is 0 Å². The van der Waals surface area contributed by atoms with Gasteiger partial charge in [-0.3, -0.25) is 4.79 Å². The summed E-state index contributed by atoms with van der Waals surface area (Å²) in [6.45, 7) is 3.62. The molecule has 0 spiro atoms. The Kier molecular flexibility index (Phi) is 9.39. The monoisotopic (exact) mass is 306 g/mol. The molecule has 0 fully saturated rings. The Balaban J connectivity index is 0.00000324. The molecule has 3 N–H and O–H groups in total. The Bertz CT molecular complexity index is 400. The molecule has 1 amide bonds. The number of amides is 1. The minimum atomic E-state index is -0.491. The molecule has 108 valence electrons. The van der Waals surface area contributed by atoms with Crippen LogP contribution in [-0.2, 0) is 11.3 Å². The van der Waals surface area contributed by atoms with E-state index in [9.17, 15) is 4.79 Å². The van der Waals surface area contributed by atoms with Gasteiger partial charge in [-0.2, -0.15) is 0 Å². The van der Waals surface area contributed by atoms with Crippen LogP contribution in [0.2, 0.25) is 5.02 Å². The van der Waals surface area contributed by atoms with Crippen LogP contribution in [0.15, 0.2) is 18.2 Å². The van der Waals surface area contributed by atoms with Crippen LogP contribution in [0.1, 0.15) is 25.3 Å². The summed E-state index contributed by atoms with van der Waals surface area (Å²) in [7, 11) is 0. The van der Waals surface area contributed by atoms with Gasteiger partial charge in [-0.25, -0.2) is 0 Å². The van der Waals surface area contributed by atoms with E-state index in [1.807, 2.05) is 6.07 Å². The summed E-state index contributed by atoms with van der Waals surface area (Å²) in [5, 5.41) is 3.95. The number of benzene rings is 1. The molecule has 19 heavy (non-hydrogen) atoms. The predicted octanol–water partition coefficient (Wildman–Crippen LogP) is 2.52. The fourth-order valence-corrected chi connectivity index (χ4v) is 1.70. The number of carbonyl (C=O) groups excluding carboxylic acids is 1. The lowest BCUT2D eigenvalue weighted by Gasteiger charge is -2.11. The van der Waals surface area contributed by atoms with E-state index in [0.29, 0.717) is 17.3 Å². The molecule has 0 atom stereocenters. The van der Waals surface area contributed by atoms with Crippen LogP contribution in [0.4, 0.5) is 0 Å². The highest BCUT2D eigenvalue weighted by molar-refractivity contribution is 6.30. The summed E-state index contributed by atoms with van der Waals surface area (Å²) in [5.41, 5.74) is 5.98. The van der Waals surface area contributed by atoms with Crippen molar-refractivity contribution in [2.45, 2.75) is 26.3 Å². The van der Waals surface area contributed by atoms with Gasteiger partial charge in [0.15, 0.2) is 6.61 Å². The molecule has 0 aliphatic heterocycles. The number of carbonyl (C=O) groups is 1. The maximum Gasteiger partial charge on any atom is 0.255 e. The Morgan fingerprint density at radius 2 is 2.21 bits per heavy atom. The van der Waals surface area contributed by atoms with E-state index in [2.05, 4.69) is 12.2 Å². The van der Waals surface area contributed by atoms with E-state index < -0.39 is 5.91 Å². The molecule has 6 heteroatoms. The number of nitrogens with one attached hydrogen (secondary N) is 1. The average Bonchev–Trinajstić information content (AvgIpc) is 2.33. The van der Waals surface area contributed by atoms with Gasteiger partial charge < -0.3 is 15.8 Å². The second-order valence-electron chi connectivity index (χ2n) is 4.04. The molecule has 4 nitrogen and oxygen atoms in total. The minimum Gasteiger partial charge on any atom is -0.483 e. The summed E-state index contributed by atoms with van der Waals surface area (Å²) in [5.74, 6) is 0.150. The summed E-state index contributed by atoms with van der Waals surface area (Å²) >= 11 is 5.94. The topological polar surface area (TPSA) is 64.3 Å². The summed E-state index contributed by atoms with van der Waals surface area (Å²) in [6, 6.07) is 5.31. The van der Waals surface area contributed by atoms with Gasteiger partial charge in [-0.15, -0.1) is 12.4 Å². The number of hydrogen-bond donors (Lipinski definition) is 2. The van der Waals surface area contributed by atoms with E-state index in [1.54, 1.807) is 12.1 Å². The molecular formula is C13H20Cl2N2O2. The number of ether oxygens (including phenoxy) is 1. The first kappa shape index (κ1) is 18.0. The molecule has 1 aromatic carbocycles. The highest BCUT2D eigenvalue weighted by atomic mass is 35.5. The predicted molar refractivity (Wildman–Crippen MR) is 80.0 cm³/mol. The second kappa shape index (κ2) is 9.89. The summed E-state index contributed by atoms with van der Waals surface area (Å²) < 4.78 is 5.34. The smallest absolute Gasteiger partial charge is 0.255 e. The Morgan fingerprint density at radius 1 is 1.47 bits per heavy atom. The molecule has 0 aliphatic carbocycles. The van der Waals surface area contributed by atoms with Crippen molar-refractivity contribution < 1.29 is 9.53 Å². The number of hydrogen-bond acceptors (Lipinski definition) is 3. The van der Waals surface area contributed by atoms with Gasteiger partial charge in [-0.05, 0) is 31.2 Å². The fourth-order valence-electron chi connectivity index (χ4n) is 1.50. The van der Waals surface area contributed by atoms with Gasteiger partial charge in [-0.1, -0.05) is 24.9 Å². The molecule has 1 aromatic rings. The zero-order chi connectivity index (χ0) is 13.4. The van der Waals surface area contributed by atoms with Crippen molar-refractivity contribution >= 4 is 29.9 Å². The highest BCUT2D eigenvalue weighted by Crippen LogP contribution is 2.22. The van der Waals surface area contributed by atoms with Gasteiger partial charge in [0.2, 0.25) is 0 Å². The van der Waals surface area contributed by atoms with Gasteiger partial charge in [0.1, 0.15) is 5.75 Å². The van der Waals surface area contributed by atoms with E-state index in [1.165, 1.54) is 0 Å². The molecule has 0 unspecified atom stereocenters. The third kappa shape index (κ3) is 7.25. The minimum absolute atomic E-state index is 0. The maximum atomic E-state index is 10.7. The standard InChI is InChI=1S/C13H19ClN2O2.ClH/c1-2-3-6-16-8-10-7-11(14)4-5-12(10)18-9-13(15)17;/h4-5,7,16H,2-3,6,8-9H2,1H3,(H2,15,17);1H. The number of rotatable bonds is 8. The van der Waals surface area contributed by atoms with Crippen LogP contribution in [-0.4, -0.2) is 19.1 Å². The SMILES string of the molecule is CCCCNCc1cc(Cl)ccc1OCC(N)=O.Cl. The highest BCUT2D eigenvalue weighted by Gasteiger charge is 2.06. The van der Waals surface area contributed by atoms with E-state index in [4.69, 9.17) is 22.1 Å². The summed E-state index contributed by atoms with van der Waals surface area (Å²) in [4.78, 5) is 10.7. The Hall–Kier alpha value is -0.970. The first-order chi connectivity index (χ1) is 8.63. The van der Waals surface area contributed by atoms with Gasteiger partial charge in [0.25, 0.3) is 5.91 Å². The second-order valence-corrected chi connectivity index (χ2v) is 4.47. The van der Waals surface area contributed by atoms with Crippen molar-refractivity contribution in [1.82, 2.24) is 5.32 Å². The molecule has 0 saturated heterocycles. The lowest BCUT2D eigenvalue weighted by molar-refractivity contribution is -0.119. The van der Waals surface area contributed by atoms with Crippen molar-refractivity contribution in [3.8, 4) is 5.75 Å².